The van der Waals surface area contributed by atoms with Crippen LogP contribution in [0.4, 0.5) is 5.95 Å². The molecule has 0 aliphatic rings. The lowest BCUT2D eigenvalue weighted by molar-refractivity contribution is 0.868. The molecule has 2 N–H and O–H groups in total. The summed E-state index contributed by atoms with van der Waals surface area (Å²) in [6.07, 6.45) is 1.99. The molecule has 0 bridgehead atoms. The second kappa shape index (κ2) is 2.67. The molecule has 2 aromatic heterocycles. The predicted octanol–water partition coefficient (Wildman–Crippen LogP) is 1.03. The summed E-state index contributed by atoms with van der Waals surface area (Å²) < 4.78 is 1.74. The van der Waals surface area contributed by atoms with Gasteiger partial charge in [0.05, 0.1) is 5.03 Å². The van der Waals surface area contributed by atoms with E-state index in [0.717, 1.165) is 10.7 Å². The van der Waals surface area contributed by atoms with E-state index in [-0.39, 0.29) is 0 Å². The first-order valence-corrected chi connectivity index (χ1v) is 4.69. The van der Waals surface area contributed by atoms with E-state index in [0.29, 0.717) is 5.95 Å². The molecule has 62 valence electrons. The van der Waals surface area contributed by atoms with Gasteiger partial charge in [-0.25, -0.2) is 4.52 Å². The quantitative estimate of drug-likeness (QED) is 0.666. The standard InChI is InChI=1S/C7H8N4S/c1-12-6-4-2-3-5-9-7(8)10-11(5)6/h2-4H,1H3,(H2,8,10). The average Bonchev–Trinajstić information content (AvgIpc) is 2.44. The molecule has 0 unspecified atom stereocenters. The van der Waals surface area contributed by atoms with Crippen LogP contribution in [0.2, 0.25) is 0 Å². The number of aromatic nitrogens is 3. The van der Waals surface area contributed by atoms with E-state index in [9.17, 15) is 0 Å². The Morgan fingerprint density at radius 3 is 3.08 bits per heavy atom. The zero-order valence-electron chi connectivity index (χ0n) is 6.56. The molecule has 0 atom stereocenters. The van der Waals surface area contributed by atoms with E-state index in [1.54, 1.807) is 16.3 Å². The third kappa shape index (κ3) is 1.02. The van der Waals surface area contributed by atoms with Crippen LogP contribution in [0, 0.1) is 0 Å². The Kier molecular flexibility index (Phi) is 1.65. The first kappa shape index (κ1) is 7.42. The summed E-state index contributed by atoms with van der Waals surface area (Å²) in [5.74, 6) is 0.316. The number of anilines is 1. The molecule has 0 aliphatic heterocycles. The van der Waals surface area contributed by atoms with Crippen molar-refractivity contribution in [1.29, 1.82) is 0 Å². The monoisotopic (exact) mass is 180 g/mol. The molecule has 0 amide bonds. The van der Waals surface area contributed by atoms with Crippen molar-refractivity contribution in [3.8, 4) is 0 Å². The second-order valence-electron chi connectivity index (χ2n) is 2.31. The maximum Gasteiger partial charge on any atom is 0.240 e. The number of fused-ring (bicyclic) bond motifs is 1. The molecule has 0 radical (unpaired) electrons. The molecule has 0 saturated heterocycles. The largest absolute Gasteiger partial charge is 0.366 e. The Hall–Kier alpha value is -1.23. The summed E-state index contributed by atoms with van der Waals surface area (Å²) in [5, 5.41) is 5.09. The third-order valence-electron chi connectivity index (χ3n) is 1.55. The lowest BCUT2D eigenvalue weighted by Gasteiger charge is -1.97. The highest BCUT2D eigenvalue weighted by Gasteiger charge is 2.02. The fraction of sp³-hybridized carbons (Fsp3) is 0.143. The lowest BCUT2D eigenvalue weighted by Crippen LogP contribution is -1.92. The molecule has 2 heterocycles. The summed E-state index contributed by atoms with van der Waals surface area (Å²) in [5.41, 5.74) is 6.25. The number of hydrogen-bond acceptors (Lipinski definition) is 4. The summed E-state index contributed by atoms with van der Waals surface area (Å²) in [6, 6.07) is 5.80. The summed E-state index contributed by atoms with van der Waals surface area (Å²) >= 11 is 1.62. The minimum atomic E-state index is 0.316. The van der Waals surface area contributed by atoms with Crippen molar-refractivity contribution in [1.82, 2.24) is 14.6 Å². The number of nitrogens with zero attached hydrogens (tertiary/aromatic N) is 3. The molecule has 5 heteroatoms. The summed E-state index contributed by atoms with van der Waals surface area (Å²) in [6.45, 7) is 0. The van der Waals surface area contributed by atoms with Crippen LogP contribution in [-0.4, -0.2) is 20.9 Å². The van der Waals surface area contributed by atoms with Crippen LogP contribution in [0.3, 0.4) is 0 Å². The molecule has 0 saturated carbocycles. The van der Waals surface area contributed by atoms with Crippen molar-refractivity contribution >= 4 is 23.4 Å². The number of hydrogen-bond donors (Lipinski definition) is 1. The maximum atomic E-state index is 5.46. The van der Waals surface area contributed by atoms with E-state index >= 15 is 0 Å². The molecular formula is C7H8N4S. The fourth-order valence-corrected chi connectivity index (χ4v) is 1.57. The number of pyridine rings is 1. The molecule has 12 heavy (non-hydrogen) atoms. The molecule has 0 aliphatic carbocycles. The Morgan fingerprint density at radius 2 is 2.33 bits per heavy atom. The minimum Gasteiger partial charge on any atom is -0.366 e. The van der Waals surface area contributed by atoms with Gasteiger partial charge in [-0.2, -0.15) is 4.98 Å². The Bertz CT molecular complexity index is 409. The minimum absolute atomic E-state index is 0.316. The number of nitrogen functional groups attached to an aromatic ring is 1. The van der Waals surface area contributed by atoms with Gasteiger partial charge in [0.1, 0.15) is 0 Å². The van der Waals surface area contributed by atoms with Crippen LogP contribution in [0.5, 0.6) is 0 Å². The van der Waals surface area contributed by atoms with Gasteiger partial charge in [0.2, 0.25) is 5.95 Å². The zero-order valence-corrected chi connectivity index (χ0v) is 7.38. The molecule has 2 rings (SSSR count). The molecule has 4 nitrogen and oxygen atoms in total. The van der Waals surface area contributed by atoms with Crippen LogP contribution in [0.15, 0.2) is 23.2 Å². The van der Waals surface area contributed by atoms with Gasteiger partial charge in [-0.1, -0.05) is 6.07 Å². The fourth-order valence-electron chi connectivity index (χ4n) is 1.05. The van der Waals surface area contributed by atoms with Crippen molar-refractivity contribution < 1.29 is 0 Å². The second-order valence-corrected chi connectivity index (χ2v) is 3.13. The van der Waals surface area contributed by atoms with Crippen LogP contribution in [0.25, 0.3) is 5.65 Å². The number of thioether (sulfide) groups is 1. The SMILES string of the molecule is CSc1cccc2nc(N)nn12. The Balaban J connectivity index is 2.78. The third-order valence-corrected chi connectivity index (χ3v) is 2.28. The summed E-state index contributed by atoms with van der Waals surface area (Å²) in [4.78, 5) is 4.04. The highest BCUT2D eigenvalue weighted by molar-refractivity contribution is 7.98. The van der Waals surface area contributed by atoms with Gasteiger partial charge in [0.25, 0.3) is 0 Å². The predicted molar refractivity (Wildman–Crippen MR) is 49.2 cm³/mol. The van der Waals surface area contributed by atoms with Crippen LogP contribution in [-0.2, 0) is 0 Å². The van der Waals surface area contributed by atoms with Gasteiger partial charge in [-0.15, -0.1) is 16.9 Å². The van der Waals surface area contributed by atoms with E-state index in [1.165, 1.54) is 0 Å². The number of nitrogens with two attached hydrogens (primary N) is 1. The zero-order chi connectivity index (χ0) is 8.55. The molecule has 0 spiro atoms. The van der Waals surface area contributed by atoms with E-state index < -0.39 is 0 Å². The van der Waals surface area contributed by atoms with Gasteiger partial charge >= 0.3 is 0 Å². The van der Waals surface area contributed by atoms with Gasteiger partial charge in [0, 0.05) is 0 Å². The normalized spacial score (nSPS) is 10.8. The van der Waals surface area contributed by atoms with E-state index in [4.69, 9.17) is 5.73 Å². The van der Waals surface area contributed by atoms with Crippen molar-refractivity contribution in [3.63, 3.8) is 0 Å². The van der Waals surface area contributed by atoms with Gasteiger partial charge in [0.15, 0.2) is 5.65 Å². The first-order chi connectivity index (χ1) is 5.81. The van der Waals surface area contributed by atoms with Crippen LogP contribution < -0.4 is 5.73 Å². The topological polar surface area (TPSA) is 56.2 Å². The Morgan fingerprint density at radius 1 is 1.50 bits per heavy atom. The molecule has 0 aromatic carbocycles. The van der Waals surface area contributed by atoms with E-state index in [2.05, 4.69) is 10.1 Å². The van der Waals surface area contributed by atoms with Gasteiger partial charge in [-0.3, -0.25) is 0 Å². The average molecular weight is 180 g/mol. The Labute approximate surface area is 73.8 Å². The molecule has 0 fully saturated rings. The van der Waals surface area contributed by atoms with Crippen LogP contribution >= 0.6 is 11.8 Å². The molecular weight excluding hydrogens is 172 g/mol. The van der Waals surface area contributed by atoms with Crippen molar-refractivity contribution in [2.45, 2.75) is 5.03 Å². The number of rotatable bonds is 1. The lowest BCUT2D eigenvalue weighted by atomic mass is 10.5. The first-order valence-electron chi connectivity index (χ1n) is 3.46. The highest BCUT2D eigenvalue weighted by atomic mass is 32.2. The van der Waals surface area contributed by atoms with Crippen LogP contribution in [0.1, 0.15) is 0 Å². The van der Waals surface area contributed by atoms with E-state index in [1.807, 2.05) is 24.5 Å². The van der Waals surface area contributed by atoms with Crippen molar-refractivity contribution in [2.75, 3.05) is 12.0 Å². The van der Waals surface area contributed by atoms with Gasteiger partial charge in [-0.05, 0) is 18.4 Å². The smallest absolute Gasteiger partial charge is 0.240 e. The highest BCUT2D eigenvalue weighted by Crippen LogP contribution is 2.15. The summed E-state index contributed by atoms with van der Waals surface area (Å²) in [7, 11) is 0. The maximum absolute atomic E-state index is 5.46. The van der Waals surface area contributed by atoms with Crippen molar-refractivity contribution in [2.24, 2.45) is 0 Å². The molecule has 2 aromatic rings. The van der Waals surface area contributed by atoms with Crippen molar-refractivity contribution in [3.05, 3.63) is 18.2 Å². The van der Waals surface area contributed by atoms with Gasteiger partial charge < -0.3 is 5.73 Å².